The number of esters is 1. The van der Waals surface area contributed by atoms with E-state index in [1.54, 1.807) is 18.2 Å². The smallest absolute Gasteiger partial charge is 0.337 e. The predicted octanol–water partition coefficient (Wildman–Crippen LogP) is 2.00. The lowest BCUT2D eigenvalue weighted by Gasteiger charge is -2.39. The maximum absolute atomic E-state index is 12.7. The number of hydrogen-bond donors (Lipinski definition) is 2. The van der Waals surface area contributed by atoms with E-state index in [1.807, 2.05) is 0 Å². The van der Waals surface area contributed by atoms with Crippen molar-refractivity contribution in [2.75, 3.05) is 32.7 Å². The van der Waals surface area contributed by atoms with Gasteiger partial charge in [-0.25, -0.2) is 4.79 Å². The molecule has 0 radical (unpaired) electrons. The van der Waals surface area contributed by atoms with Crippen molar-refractivity contribution in [2.45, 2.75) is 31.4 Å². The molecule has 8 heteroatoms. The number of carbonyl (C=O) groups is 2. The molecule has 2 N–H and O–H groups in total. The summed E-state index contributed by atoms with van der Waals surface area (Å²) < 4.78 is 15.8. The number of hydrogen-bond acceptors (Lipinski definition) is 6. The molecule has 1 aromatic carbocycles. The molecule has 2 fully saturated rings. The van der Waals surface area contributed by atoms with Crippen LogP contribution < -0.4 is 15.4 Å². The minimum atomic E-state index is -0.456. The minimum Gasteiger partial charge on any atom is -0.495 e. The highest BCUT2D eigenvalue weighted by atomic mass is 35.5. The molecule has 1 aliphatic heterocycles. The molecule has 26 heavy (non-hydrogen) atoms. The summed E-state index contributed by atoms with van der Waals surface area (Å²) in [6.45, 7) is 1.56. The molecule has 1 heterocycles. The Hall–Kier alpha value is -1.83. The SMILES string of the molecule is COC(=O)c1ccc(OC)c(NC(=O)[C@H]2CC[C@H]3OCCN[C@@H]3C2)c1.Cl. The molecular formula is C18H25ClN2O5. The third kappa shape index (κ3) is 4.47. The van der Waals surface area contributed by atoms with E-state index < -0.39 is 5.97 Å². The second kappa shape index (κ2) is 9.21. The normalized spacial score (nSPS) is 24.6. The van der Waals surface area contributed by atoms with Gasteiger partial charge in [-0.05, 0) is 37.5 Å². The van der Waals surface area contributed by atoms with Crippen molar-refractivity contribution >= 4 is 30.0 Å². The Balaban J connectivity index is 0.00000243. The molecule has 0 aromatic heterocycles. The molecule has 144 valence electrons. The van der Waals surface area contributed by atoms with Crippen molar-refractivity contribution in [2.24, 2.45) is 5.92 Å². The fraction of sp³-hybridized carbons (Fsp3) is 0.556. The van der Waals surface area contributed by atoms with E-state index >= 15 is 0 Å². The lowest BCUT2D eigenvalue weighted by molar-refractivity contribution is -0.123. The van der Waals surface area contributed by atoms with Crippen LogP contribution >= 0.6 is 12.4 Å². The van der Waals surface area contributed by atoms with E-state index in [1.165, 1.54) is 14.2 Å². The highest BCUT2D eigenvalue weighted by Gasteiger charge is 2.36. The number of amides is 1. The summed E-state index contributed by atoms with van der Waals surface area (Å²) in [6, 6.07) is 5.06. The molecule has 1 aromatic rings. The number of rotatable bonds is 4. The van der Waals surface area contributed by atoms with Crippen LogP contribution in [0, 0.1) is 5.92 Å². The molecule has 3 rings (SSSR count). The van der Waals surface area contributed by atoms with Gasteiger partial charge >= 0.3 is 5.97 Å². The molecule has 1 amide bonds. The average Bonchev–Trinajstić information content (AvgIpc) is 2.66. The Labute approximate surface area is 159 Å². The largest absolute Gasteiger partial charge is 0.495 e. The topological polar surface area (TPSA) is 85.9 Å². The monoisotopic (exact) mass is 384 g/mol. The summed E-state index contributed by atoms with van der Waals surface area (Å²) in [5.41, 5.74) is 0.843. The standard InChI is InChI=1S/C18H24N2O5.ClH/c1-23-15-5-4-12(18(22)24-2)10-14(15)20-17(21)11-3-6-16-13(9-11)19-7-8-25-16;/h4-5,10-11,13,16,19H,3,6-9H2,1-2H3,(H,20,21);1H/t11-,13+,16+;/m0./s1. The summed E-state index contributed by atoms with van der Waals surface area (Å²) in [7, 11) is 2.85. The van der Waals surface area contributed by atoms with E-state index in [-0.39, 0.29) is 36.4 Å². The first-order valence-electron chi connectivity index (χ1n) is 8.54. The van der Waals surface area contributed by atoms with E-state index in [0.717, 1.165) is 32.4 Å². The van der Waals surface area contributed by atoms with Crippen molar-refractivity contribution in [3.8, 4) is 5.75 Å². The highest BCUT2D eigenvalue weighted by Crippen LogP contribution is 2.31. The van der Waals surface area contributed by atoms with Crippen LogP contribution in [0.2, 0.25) is 0 Å². The number of benzene rings is 1. The van der Waals surface area contributed by atoms with Crippen LogP contribution in [0.3, 0.4) is 0 Å². The minimum absolute atomic E-state index is 0. The number of anilines is 1. The van der Waals surface area contributed by atoms with Gasteiger partial charge in [-0.1, -0.05) is 0 Å². The van der Waals surface area contributed by atoms with E-state index in [4.69, 9.17) is 14.2 Å². The quantitative estimate of drug-likeness (QED) is 0.772. The van der Waals surface area contributed by atoms with Crippen LogP contribution in [-0.2, 0) is 14.3 Å². The van der Waals surface area contributed by atoms with Gasteiger partial charge in [0.1, 0.15) is 5.75 Å². The van der Waals surface area contributed by atoms with Crippen molar-refractivity contribution in [1.29, 1.82) is 0 Å². The first-order chi connectivity index (χ1) is 12.1. The molecular weight excluding hydrogens is 360 g/mol. The zero-order valence-corrected chi connectivity index (χ0v) is 15.8. The Morgan fingerprint density at radius 1 is 1.27 bits per heavy atom. The second-order valence-electron chi connectivity index (χ2n) is 6.38. The number of ether oxygens (including phenoxy) is 3. The highest BCUT2D eigenvalue weighted by molar-refractivity contribution is 5.97. The summed E-state index contributed by atoms with van der Waals surface area (Å²) in [4.78, 5) is 24.4. The summed E-state index contributed by atoms with van der Waals surface area (Å²) in [5, 5.41) is 6.34. The van der Waals surface area contributed by atoms with Crippen molar-refractivity contribution in [3.63, 3.8) is 0 Å². The van der Waals surface area contributed by atoms with Crippen molar-refractivity contribution in [1.82, 2.24) is 5.32 Å². The molecule has 7 nitrogen and oxygen atoms in total. The van der Waals surface area contributed by atoms with Gasteiger partial charge in [-0.15, -0.1) is 12.4 Å². The van der Waals surface area contributed by atoms with Gasteiger partial charge in [0.25, 0.3) is 0 Å². The maximum Gasteiger partial charge on any atom is 0.337 e. The zero-order valence-electron chi connectivity index (χ0n) is 14.9. The number of nitrogens with one attached hydrogen (secondary N) is 2. The summed E-state index contributed by atoms with van der Waals surface area (Å²) in [5.74, 6) is -0.107. The van der Waals surface area contributed by atoms with Crippen LogP contribution in [0.1, 0.15) is 29.6 Å². The molecule has 0 spiro atoms. The first kappa shape index (κ1) is 20.5. The van der Waals surface area contributed by atoms with Crippen molar-refractivity contribution < 1.29 is 23.8 Å². The Kier molecular flexibility index (Phi) is 7.25. The lowest BCUT2D eigenvalue weighted by Crippen LogP contribution is -2.52. The van der Waals surface area contributed by atoms with Crippen LogP contribution in [0.25, 0.3) is 0 Å². The molecule has 0 bridgehead atoms. The third-order valence-corrected chi connectivity index (χ3v) is 4.88. The zero-order chi connectivity index (χ0) is 17.8. The molecule has 1 aliphatic carbocycles. The number of fused-ring (bicyclic) bond motifs is 1. The van der Waals surface area contributed by atoms with Crippen LogP contribution in [0.5, 0.6) is 5.75 Å². The van der Waals surface area contributed by atoms with Gasteiger partial charge in [-0.3, -0.25) is 4.79 Å². The molecule has 1 saturated heterocycles. The fourth-order valence-corrected chi connectivity index (χ4v) is 3.54. The molecule has 2 aliphatic rings. The van der Waals surface area contributed by atoms with Crippen molar-refractivity contribution in [3.05, 3.63) is 23.8 Å². The Morgan fingerprint density at radius 3 is 2.81 bits per heavy atom. The summed E-state index contributed by atoms with van der Waals surface area (Å²) >= 11 is 0. The molecule has 1 saturated carbocycles. The molecule has 3 atom stereocenters. The number of carbonyl (C=O) groups excluding carboxylic acids is 2. The van der Waals surface area contributed by atoms with Crippen LogP contribution in [-0.4, -0.2) is 51.4 Å². The van der Waals surface area contributed by atoms with Crippen LogP contribution in [0.15, 0.2) is 18.2 Å². The third-order valence-electron chi connectivity index (χ3n) is 4.88. The average molecular weight is 385 g/mol. The van der Waals surface area contributed by atoms with Gasteiger partial charge in [-0.2, -0.15) is 0 Å². The van der Waals surface area contributed by atoms with E-state index in [9.17, 15) is 9.59 Å². The maximum atomic E-state index is 12.7. The van der Waals surface area contributed by atoms with Gasteiger partial charge in [0, 0.05) is 18.5 Å². The first-order valence-corrected chi connectivity index (χ1v) is 8.54. The number of morpholine rings is 1. The predicted molar refractivity (Wildman–Crippen MR) is 99.1 cm³/mol. The van der Waals surface area contributed by atoms with E-state index in [2.05, 4.69) is 10.6 Å². The second-order valence-corrected chi connectivity index (χ2v) is 6.38. The number of halogens is 1. The van der Waals surface area contributed by atoms with Gasteiger partial charge in [0.2, 0.25) is 5.91 Å². The lowest BCUT2D eigenvalue weighted by atomic mass is 9.82. The number of methoxy groups -OCH3 is 2. The molecule has 0 unspecified atom stereocenters. The van der Waals surface area contributed by atoms with Gasteiger partial charge in [0.05, 0.1) is 38.2 Å². The van der Waals surface area contributed by atoms with Crippen LogP contribution in [0.4, 0.5) is 5.69 Å². The Morgan fingerprint density at radius 2 is 2.08 bits per heavy atom. The van der Waals surface area contributed by atoms with Gasteiger partial charge in [0.15, 0.2) is 0 Å². The Bertz CT molecular complexity index is 654. The summed E-state index contributed by atoms with van der Waals surface area (Å²) in [6.07, 6.45) is 2.60. The fourth-order valence-electron chi connectivity index (χ4n) is 3.54. The van der Waals surface area contributed by atoms with Gasteiger partial charge < -0.3 is 24.8 Å². The van der Waals surface area contributed by atoms with E-state index in [0.29, 0.717) is 17.0 Å².